The summed E-state index contributed by atoms with van der Waals surface area (Å²) in [6, 6.07) is -0.713. The molecule has 5 nitrogen and oxygen atoms in total. The zero-order valence-corrected chi connectivity index (χ0v) is 9.62. The summed E-state index contributed by atoms with van der Waals surface area (Å²) in [5.41, 5.74) is 5.16. The van der Waals surface area contributed by atoms with E-state index < -0.39 is 12.0 Å². The standard InChI is InChI=1S/C5H11NO2.C4H10O.H3N/c1-3(2)4(6)5(7)8;1-3-5-4-2;/h3-4H,6H2,1-2H3,(H,7,8);3-4H2,1-2H3;1H3/t4-;;/m0../s1. The highest BCUT2D eigenvalue weighted by atomic mass is 16.5. The van der Waals surface area contributed by atoms with E-state index >= 15 is 0 Å². The molecule has 0 aromatic heterocycles. The summed E-state index contributed by atoms with van der Waals surface area (Å²) in [5.74, 6) is -0.910. The Balaban J connectivity index is -0.000000177. The molecule has 88 valence electrons. The molecule has 0 bridgehead atoms. The number of hydrogen-bond acceptors (Lipinski definition) is 4. The van der Waals surface area contributed by atoms with Crippen LogP contribution in [0.3, 0.4) is 0 Å². The van der Waals surface area contributed by atoms with E-state index in [-0.39, 0.29) is 12.1 Å². The molecule has 0 spiro atoms. The molecule has 1 atom stereocenters. The van der Waals surface area contributed by atoms with Crippen LogP contribution in [0, 0.1) is 5.92 Å². The third-order valence-corrected chi connectivity index (χ3v) is 1.41. The van der Waals surface area contributed by atoms with Gasteiger partial charge in [0.25, 0.3) is 0 Å². The van der Waals surface area contributed by atoms with Gasteiger partial charge >= 0.3 is 5.97 Å². The maximum atomic E-state index is 10.0. The van der Waals surface area contributed by atoms with Crippen molar-refractivity contribution in [3.05, 3.63) is 0 Å². The monoisotopic (exact) mass is 208 g/mol. The van der Waals surface area contributed by atoms with Gasteiger partial charge in [-0.15, -0.1) is 0 Å². The maximum absolute atomic E-state index is 10.0. The minimum absolute atomic E-state index is 0. The van der Waals surface area contributed by atoms with Crippen LogP contribution >= 0.6 is 0 Å². The molecule has 0 saturated carbocycles. The van der Waals surface area contributed by atoms with Crippen LogP contribution in [0.2, 0.25) is 0 Å². The maximum Gasteiger partial charge on any atom is 0.320 e. The molecule has 0 amide bonds. The van der Waals surface area contributed by atoms with Crippen molar-refractivity contribution >= 4 is 5.97 Å². The second-order valence-corrected chi connectivity index (χ2v) is 2.89. The lowest BCUT2D eigenvalue weighted by atomic mass is 10.1. The van der Waals surface area contributed by atoms with Crippen molar-refractivity contribution in [1.82, 2.24) is 6.15 Å². The van der Waals surface area contributed by atoms with Crippen LogP contribution in [0.15, 0.2) is 0 Å². The quantitative estimate of drug-likeness (QED) is 0.644. The van der Waals surface area contributed by atoms with Crippen molar-refractivity contribution in [1.29, 1.82) is 0 Å². The average Bonchev–Trinajstić information content (AvgIpc) is 2.05. The van der Waals surface area contributed by atoms with Gasteiger partial charge in [-0.1, -0.05) is 13.8 Å². The minimum Gasteiger partial charge on any atom is -0.480 e. The third-order valence-electron chi connectivity index (χ3n) is 1.41. The molecule has 0 aliphatic rings. The van der Waals surface area contributed by atoms with Crippen LogP contribution in [-0.4, -0.2) is 30.3 Å². The molecule has 0 rings (SSSR count). The topological polar surface area (TPSA) is 108 Å². The Kier molecular flexibility index (Phi) is 16.8. The smallest absolute Gasteiger partial charge is 0.320 e. The first-order chi connectivity index (χ1) is 5.97. The highest BCUT2D eigenvalue weighted by Crippen LogP contribution is 1.96. The van der Waals surface area contributed by atoms with E-state index in [0.29, 0.717) is 0 Å². The second kappa shape index (κ2) is 12.3. The van der Waals surface area contributed by atoms with Crippen LogP contribution in [0.4, 0.5) is 0 Å². The lowest BCUT2D eigenvalue weighted by molar-refractivity contribution is -0.139. The van der Waals surface area contributed by atoms with Crippen LogP contribution in [-0.2, 0) is 9.53 Å². The van der Waals surface area contributed by atoms with E-state index in [1.165, 1.54) is 0 Å². The van der Waals surface area contributed by atoms with Gasteiger partial charge in [0.15, 0.2) is 0 Å². The van der Waals surface area contributed by atoms with E-state index in [0.717, 1.165) is 13.2 Å². The predicted molar refractivity (Wildman–Crippen MR) is 57.6 cm³/mol. The number of hydrogen-bond donors (Lipinski definition) is 3. The van der Waals surface area contributed by atoms with Gasteiger partial charge in [-0.25, -0.2) is 0 Å². The number of carbonyl (C=O) groups is 1. The van der Waals surface area contributed by atoms with Crippen molar-refractivity contribution in [2.75, 3.05) is 13.2 Å². The van der Waals surface area contributed by atoms with E-state index in [4.69, 9.17) is 15.6 Å². The molecule has 0 aliphatic carbocycles. The Morgan fingerprint density at radius 1 is 1.36 bits per heavy atom. The fourth-order valence-corrected chi connectivity index (χ4v) is 0.489. The molecular formula is C9H24N2O3. The highest BCUT2D eigenvalue weighted by molar-refractivity contribution is 5.73. The molecule has 0 unspecified atom stereocenters. The Labute approximate surface area is 86.2 Å². The van der Waals surface area contributed by atoms with Crippen LogP contribution in [0.1, 0.15) is 27.7 Å². The van der Waals surface area contributed by atoms with E-state index in [2.05, 4.69) is 0 Å². The summed E-state index contributed by atoms with van der Waals surface area (Å²) in [5, 5.41) is 8.23. The molecular weight excluding hydrogens is 184 g/mol. The van der Waals surface area contributed by atoms with Gasteiger partial charge in [0.1, 0.15) is 6.04 Å². The van der Waals surface area contributed by atoms with Gasteiger partial charge in [-0.3, -0.25) is 4.79 Å². The molecule has 0 aromatic carbocycles. The number of rotatable bonds is 4. The number of carboxylic acids is 1. The van der Waals surface area contributed by atoms with Crippen LogP contribution in [0.25, 0.3) is 0 Å². The van der Waals surface area contributed by atoms with E-state index in [1.807, 2.05) is 13.8 Å². The fourth-order valence-electron chi connectivity index (χ4n) is 0.489. The van der Waals surface area contributed by atoms with Crippen LogP contribution in [0.5, 0.6) is 0 Å². The zero-order chi connectivity index (χ0) is 10.9. The summed E-state index contributed by atoms with van der Waals surface area (Å²) in [6.07, 6.45) is 0. The Morgan fingerprint density at radius 3 is 1.71 bits per heavy atom. The second-order valence-electron chi connectivity index (χ2n) is 2.89. The molecule has 0 aromatic rings. The molecule has 0 radical (unpaired) electrons. The highest BCUT2D eigenvalue weighted by Gasteiger charge is 2.14. The zero-order valence-electron chi connectivity index (χ0n) is 9.62. The average molecular weight is 208 g/mol. The molecule has 0 fully saturated rings. The van der Waals surface area contributed by atoms with E-state index in [9.17, 15) is 4.79 Å². The van der Waals surface area contributed by atoms with Crippen molar-refractivity contribution in [2.24, 2.45) is 11.7 Å². The lowest BCUT2D eigenvalue weighted by Crippen LogP contribution is -2.34. The Hall–Kier alpha value is -0.650. The largest absolute Gasteiger partial charge is 0.480 e. The summed E-state index contributed by atoms with van der Waals surface area (Å²) in [6.45, 7) is 9.22. The SMILES string of the molecule is CC(C)[C@H](N)C(=O)O.CCOCC.N. The summed E-state index contributed by atoms with van der Waals surface area (Å²) >= 11 is 0. The first-order valence-electron chi connectivity index (χ1n) is 4.53. The Bertz CT molecular complexity index is 127. The van der Waals surface area contributed by atoms with Gasteiger partial charge in [0, 0.05) is 13.2 Å². The summed E-state index contributed by atoms with van der Waals surface area (Å²) < 4.78 is 4.83. The van der Waals surface area contributed by atoms with E-state index in [1.54, 1.807) is 13.8 Å². The molecule has 0 aliphatic heterocycles. The van der Waals surface area contributed by atoms with Gasteiger partial charge in [-0.2, -0.15) is 0 Å². The Morgan fingerprint density at radius 2 is 1.71 bits per heavy atom. The van der Waals surface area contributed by atoms with Crippen molar-refractivity contribution in [3.63, 3.8) is 0 Å². The molecule has 14 heavy (non-hydrogen) atoms. The number of nitrogens with two attached hydrogens (primary N) is 1. The minimum atomic E-state index is -0.931. The molecule has 5 heteroatoms. The van der Waals surface area contributed by atoms with Gasteiger partial charge < -0.3 is 21.7 Å². The summed E-state index contributed by atoms with van der Waals surface area (Å²) in [7, 11) is 0. The van der Waals surface area contributed by atoms with Crippen molar-refractivity contribution < 1.29 is 14.6 Å². The predicted octanol–water partition coefficient (Wildman–Crippen LogP) is 1.26. The van der Waals surface area contributed by atoms with Crippen molar-refractivity contribution in [2.45, 2.75) is 33.7 Å². The molecule has 0 heterocycles. The summed E-state index contributed by atoms with van der Waals surface area (Å²) in [4.78, 5) is 10.0. The lowest BCUT2D eigenvalue weighted by Gasteiger charge is -2.07. The first-order valence-corrected chi connectivity index (χ1v) is 4.53. The molecule has 0 saturated heterocycles. The number of aliphatic carboxylic acids is 1. The van der Waals surface area contributed by atoms with Gasteiger partial charge in [0.2, 0.25) is 0 Å². The van der Waals surface area contributed by atoms with Gasteiger partial charge in [-0.05, 0) is 19.8 Å². The third kappa shape index (κ3) is 13.9. The van der Waals surface area contributed by atoms with Crippen LogP contribution < -0.4 is 11.9 Å². The van der Waals surface area contributed by atoms with Gasteiger partial charge in [0.05, 0.1) is 0 Å². The number of carboxylic acid groups (broad SMARTS) is 1. The normalized spacial score (nSPS) is 11.0. The molecule has 6 N–H and O–H groups in total. The number of ether oxygens (including phenoxy) is 1. The first kappa shape index (κ1) is 19.0. The fraction of sp³-hybridized carbons (Fsp3) is 0.889. The van der Waals surface area contributed by atoms with Crippen molar-refractivity contribution in [3.8, 4) is 0 Å².